The van der Waals surface area contributed by atoms with Gasteiger partial charge in [0.25, 0.3) is 0 Å². The van der Waals surface area contributed by atoms with E-state index in [-0.39, 0.29) is 17.9 Å². The van der Waals surface area contributed by atoms with Crippen LogP contribution in [-0.4, -0.2) is 26.4 Å². The van der Waals surface area contributed by atoms with E-state index in [0.29, 0.717) is 13.1 Å². The Balaban J connectivity index is 1.75. The zero-order valence-electron chi connectivity index (χ0n) is 13.6. The third-order valence-corrected chi connectivity index (χ3v) is 4.42. The lowest BCUT2D eigenvalue weighted by atomic mass is 10.2. The van der Waals surface area contributed by atoms with Crippen molar-refractivity contribution in [3.63, 3.8) is 0 Å². The average Bonchev–Trinajstić information content (AvgIpc) is 3.26. The molecule has 0 saturated heterocycles. The number of aromatic nitrogens is 2. The van der Waals surface area contributed by atoms with Gasteiger partial charge in [0.05, 0.1) is 6.54 Å². The summed E-state index contributed by atoms with van der Waals surface area (Å²) in [5, 5.41) is 0.733. The summed E-state index contributed by atoms with van der Waals surface area (Å²) in [5.74, 6) is 1.40. The van der Waals surface area contributed by atoms with Crippen molar-refractivity contribution in [2.24, 2.45) is 5.92 Å². The van der Waals surface area contributed by atoms with E-state index in [1.54, 1.807) is 6.20 Å². The molecule has 1 aliphatic carbocycles. The molecule has 122 valence electrons. The van der Waals surface area contributed by atoms with E-state index in [0.717, 1.165) is 29.3 Å². The standard InChI is InChI=1S/C18H22ClN3O/c1-13(2)22(18(23)15-6-7-15)12-17-20-8-9-21(17)11-14-4-3-5-16(19)10-14/h3-5,8-10,13,15H,6-7,11-12H2,1-2H3. The molecule has 0 spiro atoms. The lowest BCUT2D eigenvalue weighted by molar-refractivity contribution is -0.135. The first kappa shape index (κ1) is 16.1. The fourth-order valence-corrected chi connectivity index (χ4v) is 2.91. The first-order chi connectivity index (χ1) is 11.0. The lowest BCUT2D eigenvalue weighted by Gasteiger charge is -2.27. The summed E-state index contributed by atoms with van der Waals surface area (Å²) in [6, 6.07) is 8.01. The fourth-order valence-electron chi connectivity index (χ4n) is 2.70. The first-order valence-electron chi connectivity index (χ1n) is 8.09. The van der Waals surface area contributed by atoms with Crippen LogP contribution in [0.25, 0.3) is 0 Å². The lowest BCUT2D eigenvalue weighted by Crippen LogP contribution is -2.38. The summed E-state index contributed by atoms with van der Waals surface area (Å²) in [4.78, 5) is 18.9. The molecule has 1 amide bonds. The molecule has 4 nitrogen and oxygen atoms in total. The molecule has 0 atom stereocenters. The molecule has 1 heterocycles. The number of halogens is 1. The number of imidazole rings is 1. The maximum atomic E-state index is 12.5. The van der Waals surface area contributed by atoms with Gasteiger partial charge < -0.3 is 9.47 Å². The fraction of sp³-hybridized carbons (Fsp3) is 0.444. The maximum Gasteiger partial charge on any atom is 0.226 e. The van der Waals surface area contributed by atoms with E-state index >= 15 is 0 Å². The van der Waals surface area contributed by atoms with Crippen molar-refractivity contribution < 1.29 is 4.79 Å². The van der Waals surface area contributed by atoms with Crippen LogP contribution in [0.15, 0.2) is 36.7 Å². The van der Waals surface area contributed by atoms with E-state index in [4.69, 9.17) is 11.6 Å². The Morgan fingerprint density at radius 3 is 2.87 bits per heavy atom. The minimum absolute atomic E-state index is 0.180. The van der Waals surface area contributed by atoms with E-state index in [1.807, 2.05) is 35.4 Å². The van der Waals surface area contributed by atoms with Crippen LogP contribution in [0.3, 0.4) is 0 Å². The Morgan fingerprint density at radius 1 is 1.43 bits per heavy atom. The highest BCUT2D eigenvalue weighted by Crippen LogP contribution is 2.32. The van der Waals surface area contributed by atoms with Crippen LogP contribution in [0.4, 0.5) is 0 Å². The zero-order valence-corrected chi connectivity index (χ0v) is 14.3. The Kier molecular flexibility index (Phi) is 4.71. The Morgan fingerprint density at radius 2 is 2.22 bits per heavy atom. The number of carbonyl (C=O) groups excluding carboxylic acids is 1. The normalized spacial score (nSPS) is 14.3. The monoisotopic (exact) mass is 331 g/mol. The van der Waals surface area contributed by atoms with Gasteiger partial charge in [0, 0.05) is 35.9 Å². The molecule has 2 aromatic rings. The van der Waals surface area contributed by atoms with E-state index in [9.17, 15) is 4.79 Å². The van der Waals surface area contributed by atoms with Crippen molar-refractivity contribution in [3.8, 4) is 0 Å². The van der Waals surface area contributed by atoms with Crippen LogP contribution < -0.4 is 0 Å². The molecule has 1 aromatic carbocycles. The van der Waals surface area contributed by atoms with Crippen molar-refractivity contribution in [1.82, 2.24) is 14.5 Å². The molecular weight excluding hydrogens is 310 g/mol. The van der Waals surface area contributed by atoms with Gasteiger partial charge in [-0.2, -0.15) is 0 Å². The second-order valence-corrected chi connectivity index (χ2v) is 6.87. The predicted molar refractivity (Wildman–Crippen MR) is 91.2 cm³/mol. The quantitative estimate of drug-likeness (QED) is 0.809. The molecule has 1 aliphatic rings. The number of hydrogen-bond acceptors (Lipinski definition) is 2. The summed E-state index contributed by atoms with van der Waals surface area (Å²) < 4.78 is 2.08. The number of benzene rings is 1. The highest BCUT2D eigenvalue weighted by atomic mass is 35.5. The van der Waals surface area contributed by atoms with Crippen molar-refractivity contribution in [2.45, 2.75) is 45.8 Å². The van der Waals surface area contributed by atoms with Gasteiger partial charge >= 0.3 is 0 Å². The van der Waals surface area contributed by atoms with Gasteiger partial charge in [0.2, 0.25) is 5.91 Å². The summed E-state index contributed by atoms with van der Waals surface area (Å²) in [7, 11) is 0. The Bertz CT molecular complexity index is 691. The van der Waals surface area contributed by atoms with Crippen LogP contribution in [-0.2, 0) is 17.9 Å². The topological polar surface area (TPSA) is 38.1 Å². The summed E-state index contributed by atoms with van der Waals surface area (Å²) in [6.45, 7) is 5.38. The van der Waals surface area contributed by atoms with Crippen LogP contribution in [0, 0.1) is 5.92 Å². The van der Waals surface area contributed by atoms with Crippen molar-refractivity contribution in [2.75, 3.05) is 0 Å². The summed E-state index contributed by atoms with van der Waals surface area (Å²) in [5.41, 5.74) is 1.13. The second-order valence-electron chi connectivity index (χ2n) is 6.44. The molecule has 0 bridgehead atoms. The van der Waals surface area contributed by atoms with E-state index in [2.05, 4.69) is 23.4 Å². The number of carbonyl (C=O) groups is 1. The van der Waals surface area contributed by atoms with Gasteiger partial charge in [0.1, 0.15) is 5.82 Å². The minimum Gasteiger partial charge on any atom is -0.333 e. The minimum atomic E-state index is 0.180. The SMILES string of the molecule is CC(C)N(Cc1nccn1Cc1cccc(Cl)c1)C(=O)C1CC1. The highest BCUT2D eigenvalue weighted by molar-refractivity contribution is 6.30. The van der Waals surface area contributed by atoms with Gasteiger partial charge in [0.15, 0.2) is 0 Å². The number of rotatable bonds is 6. The summed E-state index contributed by atoms with van der Waals surface area (Å²) >= 11 is 6.06. The zero-order chi connectivity index (χ0) is 16.4. The molecule has 5 heteroatoms. The Hall–Kier alpha value is -1.81. The first-order valence-corrected chi connectivity index (χ1v) is 8.47. The highest BCUT2D eigenvalue weighted by Gasteiger charge is 2.34. The molecule has 0 unspecified atom stereocenters. The smallest absolute Gasteiger partial charge is 0.226 e. The second kappa shape index (κ2) is 6.75. The molecule has 3 rings (SSSR count). The van der Waals surface area contributed by atoms with E-state index in [1.165, 1.54) is 0 Å². The van der Waals surface area contributed by atoms with Gasteiger partial charge in [-0.05, 0) is 44.4 Å². The third-order valence-electron chi connectivity index (χ3n) is 4.19. The molecule has 0 aliphatic heterocycles. The number of nitrogens with zero attached hydrogens (tertiary/aromatic N) is 3. The maximum absolute atomic E-state index is 12.5. The van der Waals surface area contributed by atoms with Crippen molar-refractivity contribution in [1.29, 1.82) is 0 Å². The molecular formula is C18H22ClN3O. The number of hydrogen-bond donors (Lipinski definition) is 0. The molecule has 1 fully saturated rings. The Labute approximate surface area is 142 Å². The molecule has 0 N–H and O–H groups in total. The summed E-state index contributed by atoms with van der Waals surface area (Å²) in [6.07, 6.45) is 5.80. The van der Waals surface area contributed by atoms with Crippen LogP contribution >= 0.6 is 11.6 Å². The largest absolute Gasteiger partial charge is 0.333 e. The third kappa shape index (κ3) is 3.94. The number of amides is 1. The van der Waals surface area contributed by atoms with Crippen LogP contribution in [0.2, 0.25) is 5.02 Å². The molecule has 23 heavy (non-hydrogen) atoms. The van der Waals surface area contributed by atoms with E-state index < -0.39 is 0 Å². The predicted octanol–water partition coefficient (Wildman–Crippen LogP) is 3.73. The van der Waals surface area contributed by atoms with Gasteiger partial charge in [-0.15, -0.1) is 0 Å². The van der Waals surface area contributed by atoms with Crippen molar-refractivity contribution >= 4 is 17.5 Å². The van der Waals surface area contributed by atoms with Gasteiger partial charge in [-0.1, -0.05) is 23.7 Å². The molecule has 1 aromatic heterocycles. The van der Waals surface area contributed by atoms with Gasteiger partial charge in [-0.25, -0.2) is 4.98 Å². The average molecular weight is 332 g/mol. The van der Waals surface area contributed by atoms with Gasteiger partial charge in [-0.3, -0.25) is 4.79 Å². The molecule has 0 radical (unpaired) electrons. The van der Waals surface area contributed by atoms with Crippen LogP contribution in [0.1, 0.15) is 38.1 Å². The van der Waals surface area contributed by atoms with Crippen LogP contribution in [0.5, 0.6) is 0 Å². The van der Waals surface area contributed by atoms with Crippen molar-refractivity contribution in [3.05, 3.63) is 53.1 Å². The molecule has 1 saturated carbocycles.